The molecule has 2 atom stereocenters. The Balaban J connectivity index is 4.01. The number of amides is 1. The first kappa shape index (κ1) is 17.4. The zero-order valence-corrected chi connectivity index (χ0v) is 12.7. The maximum atomic E-state index is 11.8. The van der Waals surface area contributed by atoms with E-state index in [1.807, 2.05) is 21.0 Å². The molecule has 0 aromatic rings. The van der Waals surface area contributed by atoms with Crippen LogP contribution in [-0.4, -0.2) is 43.5 Å². The molecule has 4 heteroatoms. The first-order valence-corrected chi connectivity index (χ1v) is 7.01. The Morgan fingerprint density at radius 1 is 1.28 bits per heavy atom. The highest BCUT2D eigenvalue weighted by Crippen LogP contribution is 2.07. The molecule has 0 aromatic carbocycles. The highest BCUT2D eigenvalue weighted by molar-refractivity contribution is 5.76. The molecule has 0 heterocycles. The Morgan fingerprint density at radius 2 is 1.89 bits per heavy atom. The Morgan fingerprint density at radius 3 is 2.33 bits per heavy atom. The van der Waals surface area contributed by atoms with Crippen molar-refractivity contribution in [1.29, 1.82) is 0 Å². The van der Waals surface area contributed by atoms with Crippen LogP contribution >= 0.6 is 0 Å². The van der Waals surface area contributed by atoms with E-state index in [0.717, 1.165) is 25.8 Å². The van der Waals surface area contributed by atoms with Crippen molar-refractivity contribution in [2.24, 2.45) is 11.7 Å². The van der Waals surface area contributed by atoms with Gasteiger partial charge in [0.1, 0.15) is 0 Å². The standard InChI is InChI=1S/C14H31N3O/c1-11(2)9-13(10-17(4)5)16-14(18)8-6-7-12(3)15/h11-13H,6-10,15H2,1-5H3,(H,16,18). The van der Waals surface area contributed by atoms with Gasteiger partial charge < -0.3 is 16.0 Å². The van der Waals surface area contributed by atoms with Crippen molar-refractivity contribution >= 4 is 5.91 Å². The van der Waals surface area contributed by atoms with Gasteiger partial charge in [0, 0.05) is 25.0 Å². The van der Waals surface area contributed by atoms with Crippen LogP contribution in [0, 0.1) is 5.92 Å². The molecule has 0 aliphatic rings. The Labute approximate surface area is 112 Å². The molecule has 3 N–H and O–H groups in total. The second-order valence-corrected chi connectivity index (χ2v) is 6.03. The molecular formula is C14H31N3O. The first-order chi connectivity index (χ1) is 8.31. The third kappa shape index (κ3) is 10.5. The van der Waals surface area contributed by atoms with Crippen LogP contribution in [0.1, 0.15) is 46.5 Å². The normalized spacial score (nSPS) is 14.9. The fraction of sp³-hybridized carbons (Fsp3) is 0.929. The fourth-order valence-electron chi connectivity index (χ4n) is 2.07. The maximum Gasteiger partial charge on any atom is 0.220 e. The first-order valence-electron chi connectivity index (χ1n) is 7.01. The molecule has 18 heavy (non-hydrogen) atoms. The quantitative estimate of drug-likeness (QED) is 0.659. The molecular weight excluding hydrogens is 226 g/mol. The molecule has 0 bridgehead atoms. The van der Waals surface area contributed by atoms with Gasteiger partial charge >= 0.3 is 0 Å². The van der Waals surface area contributed by atoms with E-state index in [1.54, 1.807) is 0 Å². The molecule has 2 unspecified atom stereocenters. The summed E-state index contributed by atoms with van der Waals surface area (Å²) in [6.07, 6.45) is 3.40. The van der Waals surface area contributed by atoms with E-state index in [2.05, 4.69) is 24.1 Å². The van der Waals surface area contributed by atoms with E-state index in [9.17, 15) is 4.79 Å². The number of likely N-dealkylation sites (N-methyl/N-ethyl adjacent to an activating group) is 1. The number of hydrogen-bond acceptors (Lipinski definition) is 3. The highest BCUT2D eigenvalue weighted by atomic mass is 16.1. The molecule has 0 aromatic heterocycles. The zero-order chi connectivity index (χ0) is 14.1. The van der Waals surface area contributed by atoms with Gasteiger partial charge in [-0.25, -0.2) is 0 Å². The molecule has 1 amide bonds. The predicted molar refractivity (Wildman–Crippen MR) is 77.4 cm³/mol. The van der Waals surface area contributed by atoms with E-state index >= 15 is 0 Å². The zero-order valence-electron chi connectivity index (χ0n) is 12.7. The Hall–Kier alpha value is -0.610. The number of nitrogens with two attached hydrogens (primary N) is 1. The van der Waals surface area contributed by atoms with E-state index in [-0.39, 0.29) is 18.0 Å². The smallest absolute Gasteiger partial charge is 0.220 e. The summed E-state index contributed by atoms with van der Waals surface area (Å²) in [7, 11) is 4.07. The van der Waals surface area contributed by atoms with Crippen LogP contribution < -0.4 is 11.1 Å². The lowest BCUT2D eigenvalue weighted by molar-refractivity contribution is -0.122. The van der Waals surface area contributed by atoms with E-state index in [1.165, 1.54) is 0 Å². The summed E-state index contributed by atoms with van der Waals surface area (Å²) >= 11 is 0. The molecule has 0 spiro atoms. The summed E-state index contributed by atoms with van der Waals surface area (Å²) in [4.78, 5) is 13.9. The summed E-state index contributed by atoms with van der Waals surface area (Å²) < 4.78 is 0. The van der Waals surface area contributed by atoms with Gasteiger partial charge in [-0.1, -0.05) is 13.8 Å². The second kappa shape index (κ2) is 9.34. The molecule has 0 radical (unpaired) electrons. The van der Waals surface area contributed by atoms with Crippen LogP contribution in [0.25, 0.3) is 0 Å². The Kier molecular flexibility index (Phi) is 9.02. The molecule has 4 nitrogen and oxygen atoms in total. The summed E-state index contributed by atoms with van der Waals surface area (Å²) in [6.45, 7) is 7.25. The average molecular weight is 257 g/mol. The second-order valence-electron chi connectivity index (χ2n) is 6.03. The van der Waals surface area contributed by atoms with Gasteiger partial charge in [-0.3, -0.25) is 4.79 Å². The van der Waals surface area contributed by atoms with Crippen molar-refractivity contribution in [3.8, 4) is 0 Å². The van der Waals surface area contributed by atoms with Crippen LogP contribution in [0.5, 0.6) is 0 Å². The number of nitrogens with one attached hydrogen (secondary N) is 1. The predicted octanol–water partition coefficient (Wildman–Crippen LogP) is 1.60. The number of hydrogen-bond donors (Lipinski definition) is 2. The summed E-state index contributed by atoms with van der Waals surface area (Å²) in [5, 5.41) is 3.13. The van der Waals surface area contributed by atoms with Gasteiger partial charge in [-0.2, -0.15) is 0 Å². The number of carbonyl (C=O) groups is 1. The van der Waals surface area contributed by atoms with Gasteiger partial charge in [0.05, 0.1) is 0 Å². The molecule has 0 saturated carbocycles. The van der Waals surface area contributed by atoms with E-state index < -0.39 is 0 Å². The number of carbonyl (C=O) groups excluding carboxylic acids is 1. The SMILES string of the molecule is CC(C)CC(CN(C)C)NC(=O)CCCC(C)N. The van der Waals surface area contributed by atoms with Gasteiger partial charge in [0.15, 0.2) is 0 Å². The molecule has 0 saturated heterocycles. The number of rotatable bonds is 9. The maximum absolute atomic E-state index is 11.8. The third-order valence-electron chi connectivity index (χ3n) is 2.77. The topological polar surface area (TPSA) is 58.4 Å². The lowest BCUT2D eigenvalue weighted by atomic mass is 10.0. The fourth-order valence-corrected chi connectivity index (χ4v) is 2.07. The Bertz CT molecular complexity index is 217. The van der Waals surface area contributed by atoms with Crippen LogP contribution in [0.4, 0.5) is 0 Å². The van der Waals surface area contributed by atoms with E-state index in [0.29, 0.717) is 12.3 Å². The molecule has 0 aliphatic carbocycles. The van der Waals surface area contributed by atoms with Gasteiger partial charge in [0.2, 0.25) is 5.91 Å². The lowest BCUT2D eigenvalue weighted by Gasteiger charge is -2.24. The number of nitrogens with zero attached hydrogens (tertiary/aromatic N) is 1. The van der Waals surface area contributed by atoms with Crippen molar-refractivity contribution in [2.45, 2.75) is 58.5 Å². The van der Waals surface area contributed by atoms with Crippen molar-refractivity contribution in [1.82, 2.24) is 10.2 Å². The van der Waals surface area contributed by atoms with E-state index in [4.69, 9.17) is 5.73 Å². The minimum atomic E-state index is 0.156. The molecule has 0 aliphatic heterocycles. The van der Waals surface area contributed by atoms with Crippen LogP contribution in [0.2, 0.25) is 0 Å². The molecule has 0 fully saturated rings. The third-order valence-corrected chi connectivity index (χ3v) is 2.77. The largest absolute Gasteiger partial charge is 0.352 e. The van der Waals surface area contributed by atoms with Crippen LogP contribution in [0.15, 0.2) is 0 Å². The highest BCUT2D eigenvalue weighted by Gasteiger charge is 2.14. The van der Waals surface area contributed by atoms with Crippen LogP contribution in [0.3, 0.4) is 0 Å². The minimum Gasteiger partial charge on any atom is -0.352 e. The molecule has 0 rings (SSSR count). The van der Waals surface area contributed by atoms with Crippen molar-refractivity contribution in [2.75, 3.05) is 20.6 Å². The minimum absolute atomic E-state index is 0.156. The van der Waals surface area contributed by atoms with Crippen molar-refractivity contribution in [3.63, 3.8) is 0 Å². The average Bonchev–Trinajstić information content (AvgIpc) is 2.13. The summed E-state index contributed by atoms with van der Waals surface area (Å²) in [6, 6.07) is 0.439. The lowest BCUT2D eigenvalue weighted by Crippen LogP contribution is -2.42. The van der Waals surface area contributed by atoms with Gasteiger partial charge in [0.25, 0.3) is 0 Å². The monoisotopic (exact) mass is 257 g/mol. The van der Waals surface area contributed by atoms with Crippen molar-refractivity contribution < 1.29 is 4.79 Å². The van der Waals surface area contributed by atoms with Crippen LogP contribution in [-0.2, 0) is 4.79 Å². The van der Waals surface area contributed by atoms with Crippen molar-refractivity contribution in [3.05, 3.63) is 0 Å². The molecule has 108 valence electrons. The van der Waals surface area contributed by atoms with Gasteiger partial charge in [-0.15, -0.1) is 0 Å². The van der Waals surface area contributed by atoms with Gasteiger partial charge in [-0.05, 0) is 46.2 Å². The summed E-state index contributed by atoms with van der Waals surface area (Å²) in [5.74, 6) is 0.752. The summed E-state index contributed by atoms with van der Waals surface area (Å²) in [5.41, 5.74) is 5.67.